The van der Waals surface area contributed by atoms with Gasteiger partial charge in [0.05, 0.1) is 21.3 Å². The largest absolute Gasteiger partial charge is 0.493 e. The van der Waals surface area contributed by atoms with Crippen molar-refractivity contribution in [3.8, 4) is 17.2 Å². The fourth-order valence-corrected chi connectivity index (χ4v) is 3.21. The lowest BCUT2D eigenvalue weighted by Crippen LogP contribution is -2.36. The number of benzene rings is 1. The topological polar surface area (TPSA) is 34.2 Å². The van der Waals surface area contributed by atoms with E-state index >= 15 is 0 Å². The smallest absolute Gasteiger partial charge is 0.203 e. The van der Waals surface area contributed by atoms with Crippen LogP contribution in [-0.2, 0) is 6.54 Å². The molecule has 0 spiro atoms. The predicted octanol–water partition coefficient (Wildman–Crippen LogP) is 2.24. The van der Waals surface area contributed by atoms with Crippen molar-refractivity contribution in [2.24, 2.45) is 0 Å². The molecule has 0 aliphatic carbocycles. The van der Waals surface area contributed by atoms with E-state index in [-0.39, 0.29) is 0 Å². The van der Waals surface area contributed by atoms with Crippen LogP contribution in [0.1, 0.15) is 18.4 Å². The van der Waals surface area contributed by atoms with Crippen LogP contribution >= 0.6 is 0 Å². The van der Waals surface area contributed by atoms with Gasteiger partial charge >= 0.3 is 0 Å². The van der Waals surface area contributed by atoms with E-state index in [1.54, 1.807) is 21.3 Å². The van der Waals surface area contributed by atoms with Crippen molar-refractivity contribution in [3.05, 3.63) is 17.7 Å². The van der Waals surface area contributed by atoms with E-state index in [9.17, 15) is 0 Å². The highest BCUT2D eigenvalue weighted by Crippen LogP contribution is 2.40. The number of hydrogen-bond donors (Lipinski definition) is 0. The zero-order chi connectivity index (χ0) is 16.1. The lowest BCUT2D eigenvalue weighted by atomic mass is 10.1. The maximum atomic E-state index is 5.56. The van der Waals surface area contributed by atoms with Gasteiger partial charge in [0.25, 0.3) is 0 Å². The van der Waals surface area contributed by atoms with Crippen LogP contribution in [0.15, 0.2) is 12.1 Å². The zero-order valence-corrected chi connectivity index (χ0v) is 14.4. The predicted molar refractivity (Wildman–Crippen MR) is 88.1 cm³/mol. The van der Waals surface area contributed by atoms with Gasteiger partial charge in [0, 0.05) is 24.7 Å². The summed E-state index contributed by atoms with van der Waals surface area (Å²) in [6, 6.07) is 4.64. The van der Waals surface area contributed by atoms with E-state index in [0.29, 0.717) is 17.5 Å². The Bertz CT molecular complexity index is 493. The molecule has 1 aliphatic heterocycles. The molecular weight excluding hydrogens is 280 g/mol. The normalized spacial score (nSPS) is 18.7. The molecule has 124 valence electrons. The fourth-order valence-electron chi connectivity index (χ4n) is 3.21. The number of hydrogen-bond acceptors (Lipinski definition) is 5. The van der Waals surface area contributed by atoms with Gasteiger partial charge < -0.3 is 24.0 Å². The molecule has 5 nitrogen and oxygen atoms in total. The first-order valence-electron chi connectivity index (χ1n) is 7.77. The average molecular weight is 308 g/mol. The van der Waals surface area contributed by atoms with E-state index in [2.05, 4.69) is 30.0 Å². The summed E-state index contributed by atoms with van der Waals surface area (Å²) in [6.07, 6.45) is 2.58. The van der Waals surface area contributed by atoms with Crippen LogP contribution in [0.3, 0.4) is 0 Å². The van der Waals surface area contributed by atoms with Gasteiger partial charge in [-0.3, -0.25) is 0 Å². The summed E-state index contributed by atoms with van der Waals surface area (Å²) in [5.41, 5.74) is 1.11. The fraction of sp³-hybridized carbons (Fsp3) is 0.647. The summed E-state index contributed by atoms with van der Waals surface area (Å²) in [4.78, 5) is 4.79. The number of methoxy groups -OCH3 is 3. The van der Waals surface area contributed by atoms with Gasteiger partial charge in [0.15, 0.2) is 11.5 Å². The molecule has 0 bridgehead atoms. The summed E-state index contributed by atoms with van der Waals surface area (Å²) in [7, 11) is 9.32. The Kier molecular flexibility index (Phi) is 5.91. The van der Waals surface area contributed by atoms with Crippen molar-refractivity contribution in [1.82, 2.24) is 9.80 Å². The van der Waals surface area contributed by atoms with Crippen molar-refractivity contribution < 1.29 is 14.2 Å². The molecule has 1 aromatic rings. The monoisotopic (exact) mass is 308 g/mol. The molecule has 1 aromatic carbocycles. The Morgan fingerprint density at radius 1 is 1.14 bits per heavy atom. The Morgan fingerprint density at radius 3 is 2.41 bits per heavy atom. The maximum absolute atomic E-state index is 5.56. The van der Waals surface area contributed by atoms with E-state index < -0.39 is 0 Å². The van der Waals surface area contributed by atoms with Gasteiger partial charge in [-0.05, 0) is 39.5 Å². The number of ether oxygens (including phenoxy) is 3. The average Bonchev–Trinajstić information content (AvgIpc) is 2.91. The first kappa shape index (κ1) is 16.9. The SMILES string of the molecule is COc1ccc(CN(C)CC2CCCN2C)c(OC)c1OC. The van der Waals surface area contributed by atoms with Gasteiger partial charge in [0.2, 0.25) is 5.75 Å². The number of rotatable bonds is 7. The van der Waals surface area contributed by atoms with E-state index in [1.807, 2.05) is 6.07 Å². The highest BCUT2D eigenvalue weighted by atomic mass is 16.5. The summed E-state index contributed by atoms with van der Waals surface area (Å²) in [5.74, 6) is 2.11. The van der Waals surface area contributed by atoms with Crippen LogP contribution in [-0.4, -0.2) is 64.4 Å². The highest BCUT2D eigenvalue weighted by molar-refractivity contribution is 5.55. The van der Waals surface area contributed by atoms with Gasteiger partial charge in [-0.15, -0.1) is 0 Å². The second kappa shape index (κ2) is 7.70. The number of nitrogens with zero attached hydrogens (tertiary/aromatic N) is 2. The van der Waals surface area contributed by atoms with Crippen molar-refractivity contribution in [1.29, 1.82) is 0 Å². The third kappa shape index (κ3) is 3.65. The van der Waals surface area contributed by atoms with Gasteiger partial charge in [0.1, 0.15) is 0 Å². The standard InChI is InChI=1S/C17H28N2O3/c1-18(12-14-7-6-10-19(14)2)11-13-8-9-15(20-3)17(22-5)16(13)21-4/h8-9,14H,6-7,10-12H2,1-5H3. The molecule has 1 saturated heterocycles. The van der Waals surface area contributed by atoms with Crippen molar-refractivity contribution in [3.63, 3.8) is 0 Å². The number of likely N-dealkylation sites (N-methyl/N-ethyl adjacent to an activating group) is 2. The first-order chi connectivity index (χ1) is 10.6. The summed E-state index contributed by atoms with van der Waals surface area (Å²) < 4.78 is 16.3. The molecule has 0 aromatic heterocycles. The van der Waals surface area contributed by atoms with Gasteiger partial charge in [-0.25, -0.2) is 0 Å². The summed E-state index contributed by atoms with van der Waals surface area (Å²) in [5, 5.41) is 0. The minimum atomic E-state index is 0.649. The lowest BCUT2D eigenvalue weighted by Gasteiger charge is -2.26. The number of likely N-dealkylation sites (tertiary alicyclic amines) is 1. The van der Waals surface area contributed by atoms with E-state index in [4.69, 9.17) is 14.2 Å². The molecule has 5 heteroatoms. The maximum Gasteiger partial charge on any atom is 0.203 e. The Morgan fingerprint density at radius 2 is 1.86 bits per heavy atom. The van der Waals surface area contributed by atoms with Crippen LogP contribution in [0.5, 0.6) is 17.2 Å². The molecule has 0 amide bonds. The summed E-state index contributed by atoms with van der Waals surface area (Å²) >= 11 is 0. The van der Waals surface area contributed by atoms with Crippen LogP contribution in [0, 0.1) is 0 Å². The molecule has 1 aliphatic rings. The molecular formula is C17H28N2O3. The van der Waals surface area contributed by atoms with Gasteiger partial charge in [-0.2, -0.15) is 0 Å². The molecule has 0 N–H and O–H groups in total. The molecule has 1 fully saturated rings. The second-order valence-corrected chi connectivity index (χ2v) is 5.97. The second-order valence-electron chi connectivity index (χ2n) is 5.97. The highest BCUT2D eigenvalue weighted by Gasteiger charge is 2.23. The first-order valence-corrected chi connectivity index (χ1v) is 7.77. The minimum absolute atomic E-state index is 0.649. The Labute approximate surface area is 133 Å². The van der Waals surface area contributed by atoms with Crippen LogP contribution < -0.4 is 14.2 Å². The summed E-state index contributed by atoms with van der Waals surface area (Å²) in [6.45, 7) is 3.10. The van der Waals surface area contributed by atoms with Crippen LogP contribution in [0.4, 0.5) is 0 Å². The molecule has 0 saturated carbocycles. The third-order valence-corrected chi connectivity index (χ3v) is 4.42. The zero-order valence-electron chi connectivity index (χ0n) is 14.4. The van der Waals surface area contributed by atoms with Crippen molar-refractivity contribution in [2.45, 2.75) is 25.4 Å². The Hall–Kier alpha value is -1.46. The molecule has 1 unspecified atom stereocenters. The quantitative estimate of drug-likeness (QED) is 0.772. The Balaban J connectivity index is 2.11. The van der Waals surface area contributed by atoms with Crippen molar-refractivity contribution in [2.75, 3.05) is 48.5 Å². The molecule has 0 radical (unpaired) electrons. The lowest BCUT2D eigenvalue weighted by molar-refractivity contribution is 0.213. The molecule has 1 heterocycles. The van der Waals surface area contributed by atoms with Crippen molar-refractivity contribution >= 4 is 0 Å². The molecule has 2 rings (SSSR count). The third-order valence-electron chi connectivity index (χ3n) is 4.42. The van der Waals surface area contributed by atoms with Crippen LogP contribution in [0.2, 0.25) is 0 Å². The van der Waals surface area contributed by atoms with Crippen LogP contribution in [0.25, 0.3) is 0 Å². The van der Waals surface area contributed by atoms with E-state index in [0.717, 1.165) is 24.4 Å². The molecule has 22 heavy (non-hydrogen) atoms. The van der Waals surface area contributed by atoms with E-state index in [1.165, 1.54) is 19.4 Å². The van der Waals surface area contributed by atoms with Gasteiger partial charge in [-0.1, -0.05) is 6.07 Å². The minimum Gasteiger partial charge on any atom is -0.493 e. The molecule has 1 atom stereocenters.